The zero-order valence-electron chi connectivity index (χ0n) is 33.3. The Morgan fingerprint density at radius 2 is 1.29 bits per heavy atom. The average Bonchev–Trinajstić information content (AvgIpc) is 3.75. The molecule has 308 valence electrons. The summed E-state index contributed by atoms with van der Waals surface area (Å²) in [4.78, 5) is 12.7. The Morgan fingerprint density at radius 3 is 1.91 bits per heavy atom. The lowest BCUT2D eigenvalue weighted by atomic mass is 9.97. The van der Waals surface area contributed by atoms with Gasteiger partial charge in [0.1, 0.15) is 17.6 Å². The van der Waals surface area contributed by atoms with Gasteiger partial charge >= 0.3 is 0 Å². The highest BCUT2D eigenvalue weighted by molar-refractivity contribution is 6.01. The van der Waals surface area contributed by atoms with Gasteiger partial charge < -0.3 is 54.5 Å². The lowest BCUT2D eigenvalue weighted by molar-refractivity contribution is 0.0935. The number of rotatable bonds is 21. The van der Waals surface area contributed by atoms with Crippen molar-refractivity contribution >= 4 is 11.6 Å². The summed E-state index contributed by atoms with van der Waals surface area (Å²) in [5.41, 5.74) is 7.28. The van der Waals surface area contributed by atoms with Crippen LogP contribution in [0.25, 0.3) is 22.6 Å². The maximum absolute atomic E-state index is 12.7. The lowest BCUT2D eigenvalue weighted by Crippen LogP contribution is -2.38. The third-order valence-corrected chi connectivity index (χ3v) is 10.4. The number of aryl methyl sites for hydroxylation is 1. The van der Waals surface area contributed by atoms with Crippen LogP contribution in [0.1, 0.15) is 94.9 Å². The van der Waals surface area contributed by atoms with Crippen LogP contribution in [0.15, 0.2) is 71.3 Å². The molecule has 2 heterocycles. The number of nitrogens with zero attached hydrogens (tertiary/aromatic N) is 1. The number of aromatic nitrogens is 1. The van der Waals surface area contributed by atoms with Crippen LogP contribution < -0.4 is 29.6 Å². The number of methoxy groups -OCH3 is 2. The van der Waals surface area contributed by atoms with Crippen molar-refractivity contribution in [3.05, 3.63) is 106 Å². The molecule has 13 nitrogen and oxygen atoms in total. The number of amides is 1. The van der Waals surface area contributed by atoms with E-state index in [1.807, 2.05) is 55.5 Å². The van der Waals surface area contributed by atoms with Crippen LogP contribution in [-0.4, -0.2) is 58.9 Å². The van der Waals surface area contributed by atoms with Crippen molar-refractivity contribution in [3.8, 4) is 45.6 Å². The normalized spacial score (nSPS) is 13.4. The summed E-state index contributed by atoms with van der Waals surface area (Å²) in [7, 11) is 3.14. The second kappa shape index (κ2) is 20.2. The molecule has 0 spiro atoms. The van der Waals surface area contributed by atoms with Crippen molar-refractivity contribution in [2.75, 3.05) is 32.8 Å². The van der Waals surface area contributed by atoms with Gasteiger partial charge in [-0.25, -0.2) is 0 Å². The second-order valence-corrected chi connectivity index (χ2v) is 14.3. The zero-order valence-corrected chi connectivity index (χ0v) is 33.3. The molecule has 1 atom stereocenters. The molecule has 1 aromatic heterocycles. The molecule has 1 aliphatic heterocycles. The molecule has 0 aliphatic carbocycles. The van der Waals surface area contributed by atoms with E-state index >= 15 is 0 Å². The third-order valence-electron chi connectivity index (χ3n) is 10.4. The quantitative estimate of drug-likeness (QED) is 0.0407. The number of carbonyl (C=O) groups excluding carboxylic acids is 1. The Labute approximate surface area is 338 Å². The molecule has 1 amide bonds. The van der Waals surface area contributed by atoms with E-state index in [9.17, 15) is 25.2 Å². The smallest absolute Gasteiger partial charge is 0.255 e. The highest BCUT2D eigenvalue weighted by Crippen LogP contribution is 2.42. The summed E-state index contributed by atoms with van der Waals surface area (Å²) < 4.78 is 29.2. The molecular formula is C45H53N3O10. The molecule has 6 rings (SSSR count). The zero-order chi connectivity index (χ0) is 41.0. The number of fused-ring (bicyclic) bond motifs is 1. The van der Waals surface area contributed by atoms with Gasteiger partial charge in [-0.05, 0) is 90.6 Å². The van der Waals surface area contributed by atoms with Gasteiger partial charge in [0.15, 0.2) is 17.3 Å². The summed E-state index contributed by atoms with van der Waals surface area (Å²) in [5.74, 6) is 2.45. The molecule has 5 aromatic rings. The maximum Gasteiger partial charge on any atom is 0.255 e. The van der Waals surface area contributed by atoms with Crippen molar-refractivity contribution < 1.29 is 48.7 Å². The number of hydrogen-bond donors (Lipinski definition) is 6. The first-order chi connectivity index (χ1) is 28.3. The monoisotopic (exact) mass is 795 g/mol. The number of nitrogens with one attached hydrogen (secondary N) is 2. The van der Waals surface area contributed by atoms with Crippen LogP contribution in [0.5, 0.6) is 23.0 Å². The predicted octanol–water partition coefficient (Wildman–Crippen LogP) is 7.35. The minimum atomic E-state index is -0.400. The van der Waals surface area contributed by atoms with Gasteiger partial charge in [-0.1, -0.05) is 55.0 Å². The summed E-state index contributed by atoms with van der Waals surface area (Å²) in [5, 5.41) is 50.0. The van der Waals surface area contributed by atoms with Crippen LogP contribution in [0.4, 0.5) is 5.69 Å². The van der Waals surface area contributed by atoms with E-state index in [0.29, 0.717) is 86.6 Å². The Bertz CT molecular complexity index is 2120. The molecule has 1 aliphatic rings. The lowest BCUT2D eigenvalue weighted by Gasteiger charge is -2.29. The molecule has 6 N–H and O–H groups in total. The fraction of sp³-hybridized carbons (Fsp3) is 0.378. The van der Waals surface area contributed by atoms with Gasteiger partial charge in [-0.15, -0.1) is 0 Å². The first-order valence-electron chi connectivity index (χ1n) is 19.7. The number of benzene rings is 4. The average molecular weight is 796 g/mol. The topological polar surface area (TPSA) is 185 Å². The highest BCUT2D eigenvalue weighted by atomic mass is 16.5. The van der Waals surface area contributed by atoms with E-state index in [4.69, 9.17) is 23.5 Å². The summed E-state index contributed by atoms with van der Waals surface area (Å²) >= 11 is 0. The van der Waals surface area contributed by atoms with E-state index in [1.54, 1.807) is 32.4 Å². The van der Waals surface area contributed by atoms with Gasteiger partial charge in [0.2, 0.25) is 5.75 Å². The van der Waals surface area contributed by atoms with Crippen LogP contribution >= 0.6 is 0 Å². The van der Waals surface area contributed by atoms with E-state index < -0.39 is 6.17 Å². The van der Waals surface area contributed by atoms with E-state index in [2.05, 4.69) is 15.8 Å². The highest BCUT2D eigenvalue weighted by Gasteiger charge is 2.25. The number of hydrogen-bond acceptors (Lipinski definition) is 12. The summed E-state index contributed by atoms with van der Waals surface area (Å²) in [6.45, 7) is 1.96. The van der Waals surface area contributed by atoms with Gasteiger partial charge in [-0.3, -0.25) is 4.79 Å². The number of unbranched alkanes of at least 4 members (excludes halogenated alkanes) is 6. The predicted molar refractivity (Wildman–Crippen MR) is 219 cm³/mol. The third kappa shape index (κ3) is 9.91. The Hall–Kier alpha value is -5.60. The van der Waals surface area contributed by atoms with Gasteiger partial charge in [0, 0.05) is 28.4 Å². The van der Waals surface area contributed by atoms with Crippen LogP contribution in [-0.2, 0) is 26.4 Å². The SMILES string of the molecule is COc1cc(-c2cc(-c3cc(CO)c(CO)c(CO)c3)on2)cc(OC)c1OCCCCCCCCCOc1ccc(C2NC(=O)c3cc(C)ccc3N2)cc1CO. The molecular weight excluding hydrogens is 743 g/mol. The van der Waals surface area contributed by atoms with Crippen LogP contribution in [0, 0.1) is 6.92 Å². The number of aliphatic hydroxyl groups is 4. The largest absolute Gasteiger partial charge is 0.493 e. The van der Waals surface area contributed by atoms with Crippen LogP contribution in [0.3, 0.4) is 0 Å². The van der Waals surface area contributed by atoms with E-state index in [1.165, 1.54) is 0 Å². The molecule has 0 saturated carbocycles. The molecule has 58 heavy (non-hydrogen) atoms. The first kappa shape index (κ1) is 42.0. The van der Waals surface area contributed by atoms with Crippen molar-refractivity contribution in [1.82, 2.24) is 10.5 Å². The van der Waals surface area contributed by atoms with Crippen molar-refractivity contribution in [2.24, 2.45) is 0 Å². The van der Waals surface area contributed by atoms with Crippen molar-refractivity contribution in [1.29, 1.82) is 0 Å². The number of carbonyl (C=O) groups is 1. The minimum Gasteiger partial charge on any atom is -0.493 e. The Morgan fingerprint density at radius 1 is 0.655 bits per heavy atom. The molecule has 0 bridgehead atoms. The van der Waals surface area contributed by atoms with Gasteiger partial charge in [0.25, 0.3) is 5.91 Å². The molecule has 0 fully saturated rings. The van der Waals surface area contributed by atoms with E-state index in [-0.39, 0.29) is 32.3 Å². The number of ether oxygens (including phenoxy) is 4. The fourth-order valence-electron chi connectivity index (χ4n) is 7.17. The van der Waals surface area contributed by atoms with Crippen molar-refractivity contribution in [3.63, 3.8) is 0 Å². The maximum atomic E-state index is 12.7. The fourth-order valence-corrected chi connectivity index (χ4v) is 7.17. The van der Waals surface area contributed by atoms with E-state index in [0.717, 1.165) is 61.8 Å². The van der Waals surface area contributed by atoms with Gasteiger partial charge in [0.05, 0.1) is 59.4 Å². The van der Waals surface area contributed by atoms with Crippen LogP contribution in [0.2, 0.25) is 0 Å². The standard InChI is InChI=1S/C45H53N3O10/c1-28-11-13-37-35(17-28)45(53)47-44(46-37)29-12-14-39(34(18-29)26-51)56-15-9-7-5-4-6-8-10-16-57-43-41(54-2)21-30(22-42(43)55-3)38-23-40(58-48-38)31-19-32(24-49)36(27-52)33(20-31)25-50/h11-14,17-23,44,46,49-52H,4-10,15-16,24-27H2,1-3H3,(H,47,53). The Kier molecular flexibility index (Phi) is 14.6. The molecule has 1 unspecified atom stereocenters. The second-order valence-electron chi connectivity index (χ2n) is 14.3. The van der Waals surface area contributed by atoms with Crippen molar-refractivity contribution in [2.45, 2.75) is 84.5 Å². The summed E-state index contributed by atoms with van der Waals surface area (Å²) in [6.07, 6.45) is 6.72. The Balaban J connectivity index is 0.916. The number of aliphatic hydroxyl groups excluding tert-OH is 4. The number of anilines is 1. The minimum absolute atomic E-state index is 0.131. The first-order valence-corrected chi connectivity index (χ1v) is 19.7. The molecule has 0 saturated heterocycles. The molecule has 0 radical (unpaired) electrons. The summed E-state index contributed by atoms with van der Waals surface area (Å²) in [6, 6.07) is 20.2. The van der Waals surface area contributed by atoms with Gasteiger partial charge in [-0.2, -0.15) is 0 Å². The molecule has 4 aromatic carbocycles. The molecule has 13 heteroatoms.